The molecule has 1 radical (unpaired) electrons. The second kappa shape index (κ2) is 18.4. The Hall–Kier alpha value is -4.95. The summed E-state index contributed by atoms with van der Waals surface area (Å²) in [6.07, 6.45) is 6.96. The van der Waals surface area contributed by atoms with Crippen molar-refractivity contribution in [1.82, 2.24) is 24.5 Å². The van der Waals surface area contributed by atoms with Crippen molar-refractivity contribution in [3.8, 4) is 28.3 Å². The Bertz CT molecular complexity index is 3010. The normalized spacial score (nSPS) is 12.0. The standard InChI is InChI=1S/C36H33N4O.C18H24GeN.Ir/c1-20(2)28-18-23-10-7-8-11-24(23)32(22(5)6)33(28)40-31-16-17-37-19-30(31)38-35(40)27-13-9-12-25-26-14-15-29(21(3)4)39-36(26)41-34(25)27;1-14(2)11-16-12-18(15-9-7-6-8-10-15)20-13-17(16)19(3,4)5;/h7-12,14-22H,1-6H3;6-9,12-14H,11H2,1-5H3;/q2*-1;. The molecule has 6 nitrogen and oxygen atoms in total. The van der Waals surface area contributed by atoms with Crippen molar-refractivity contribution in [1.29, 1.82) is 0 Å². The fourth-order valence-corrected chi connectivity index (χ4v) is 11.9. The third-order valence-electron chi connectivity index (χ3n) is 11.5. The molecule has 0 bridgehead atoms. The number of nitrogens with zero attached hydrogens (tertiary/aromatic N) is 5. The van der Waals surface area contributed by atoms with E-state index in [9.17, 15) is 0 Å². The van der Waals surface area contributed by atoms with Gasteiger partial charge in [0.15, 0.2) is 0 Å². The Morgan fingerprint density at radius 1 is 0.726 bits per heavy atom. The van der Waals surface area contributed by atoms with Crippen LogP contribution in [0.15, 0.2) is 114 Å². The fourth-order valence-electron chi connectivity index (χ4n) is 8.59. The molecule has 0 atom stereocenters. The molecule has 5 aromatic heterocycles. The Morgan fingerprint density at radius 2 is 1.50 bits per heavy atom. The summed E-state index contributed by atoms with van der Waals surface area (Å²) in [6.45, 7) is 18.0. The average molecular weight is 1060 g/mol. The van der Waals surface area contributed by atoms with Crippen LogP contribution in [0.2, 0.25) is 17.3 Å². The van der Waals surface area contributed by atoms with Crippen LogP contribution in [-0.4, -0.2) is 37.8 Å². The Morgan fingerprint density at radius 3 is 2.19 bits per heavy atom. The van der Waals surface area contributed by atoms with Crippen LogP contribution in [0.25, 0.3) is 72.2 Å². The zero-order valence-electron chi connectivity index (χ0n) is 37.9. The van der Waals surface area contributed by atoms with Gasteiger partial charge in [-0.3, -0.25) is 9.97 Å². The summed E-state index contributed by atoms with van der Waals surface area (Å²) in [7, 11) is 0. The molecule has 0 aliphatic heterocycles. The van der Waals surface area contributed by atoms with Gasteiger partial charge >= 0.3 is 126 Å². The van der Waals surface area contributed by atoms with E-state index in [-0.39, 0.29) is 26.0 Å². The molecule has 4 aromatic carbocycles. The third kappa shape index (κ3) is 8.82. The zero-order chi connectivity index (χ0) is 43.2. The SMILES string of the molecule is CC(C)Cc1cc(-c2[c-]cccc2)nc[c]1[Ge]([CH3])([CH3])[CH3].CC(C)c1ccc2c(n1)oc1c(-c3nc4cnccc4n3-c3c(C(C)C)cc4ccccc4c3C(C)C)[c-]ccc12.[Ir]. The molecule has 0 aliphatic carbocycles. The summed E-state index contributed by atoms with van der Waals surface area (Å²) in [5.41, 5.74) is 12.5. The first kappa shape index (κ1) is 45.1. The van der Waals surface area contributed by atoms with E-state index in [0.717, 1.165) is 62.1 Å². The first-order valence-electron chi connectivity index (χ1n) is 21.8. The van der Waals surface area contributed by atoms with E-state index in [2.05, 4.69) is 167 Å². The maximum atomic E-state index is 6.53. The summed E-state index contributed by atoms with van der Waals surface area (Å²) in [6, 6.07) is 38.5. The van der Waals surface area contributed by atoms with Gasteiger partial charge in [0.1, 0.15) is 0 Å². The Kier molecular flexibility index (Phi) is 13.4. The van der Waals surface area contributed by atoms with Gasteiger partial charge < -0.3 is 8.98 Å². The average Bonchev–Trinajstić information content (AvgIpc) is 3.81. The van der Waals surface area contributed by atoms with Crippen LogP contribution in [0.5, 0.6) is 0 Å². The van der Waals surface area contributed by atoms with Crippen LogP contribution in [0.3, 0.4) is 0 Å². The molecule has 9 rings (SSSR count). The molecule has 0 aliphatic rings. The van der Waals surface area contributed by atoms with Gasteiger partial charge in [0.25, 0.3) is 0 Å². The summed E-state index contributed by atoms with van der Waals surface area (Å²) in [5.74, 6) is 9.68. The predicted molar refractivity (Wildman–Crippen MR) is 258 cm³/mol. The maximum absolute atomic E-state index is 6.53. The van der Waals surface area contributed by atoms with Crippen molar-refractivity contribution in [3.05, 3.63) is 144 Å². The number of pyridine rings is 3. The number of benzene rings is 4. The van der Waals surface area contributed by atoms with Crippen molar-refractivity contribution in [2.24, 2.45) is 5.92 Å². The van der Waals surface area contributed by atoms with Gasteiger partial charge in [-0.1, -0.05) is 76.8 Å². The number of aromatic nitrogens is 5. The van der Waals surface area contributed by atoms with Crippen molar-refractivity contribution in [3.63, 3.8) is 0 Å². The maximum Gasteiger partial charge on any atom is 0.216 e. The van der Waals surface area contributed by atoms with Gasteiger partial charge in [0, 0.05) is 43.1 Å². The van der Waals surface area contributed by atoms with E-state index >= 15 is 0 Å². The van der Waals surface area contributed by atoms with Crippen LogP contribution >= 0.6 is 0 Å². The first-order valence-corrected chi connectivity index (χ1v) is 29.1. The Labute approximate surface area is 383 Å². The number of hydrogen-bond acceptors (Lipinski definition) is 5. The second-order valence-electron chi connectivity index (χ2n) is 18.7. The number of furan rings is 1. The molecule has 8 heteroatoms. The molecule has 0 N–H and O–H groups in total. The molecule has 62 heavy (non-hydrogen) atoms. The molecule has 9 aromatic rings. The van der Waals surface area contributed by atoms with Crippen molar-refractivity contribution in [2.45, 2.75) is 96.8 Å². The van der Waals surface area contributed by atoms with E-state index in [1.807, 2.05) is 36.7 Å². The summed E-state index contributed by atoms with van der Waals surface area (Å²) in [4.78, 5) is 19.2. The van der Waals surface area contributed by atoms with Gasteiger partial charge in [-0.25, -0.2) is 4.98 Å². The summed E-state index contributed by atoms with van der Waals surface area (Å²) in [5, 5.41) is 4.54. The molecule has 0 spiro atoms. The van der Waals surface area contributed by atoms with E-state index in [4.69, 9.17) is 19.4 Å². The molecule has 319 valence electrons. The minimum absolute atomic E-state index is 0. The van der Waals surface area contributed by atoms with Gasteiger partial charge in [-0.05, 0) is 63.9 Å². The molecule has 0 fully saturated rings. The molecular weight excluding hydrogens is 999 g/mol. The Balaban J connectivity index is 0.000000233. The molecule has 0 amide bonds. The number of rotatable bonds is 9. The molecule has 0 unspecified atom stereocenters. The van der Waals surface area contributed by atoms with Crippen molar-refractivity contribution < 1.29 is 24.5 Å². The topological polar surface area (TPSA) is 69.6 Å². The van der Waals surface area contributed by atoms with Gasteiger partial charge in [0.2, 0.25) is 5.71 Å². The second-order valence-corrected chi connectivity index (χ2v) is 29.3. The monoisotopic (exact) mass is 1060 g/mol. The van der Waals surface area contributed by atoms with Crippen LogP contribution in [-0.2, 0) is 26.5 Å². The van der Waals surface area contributed by atoms with Crippen LogP contribution in [0.1, 0.15) is 95.5 Å². The van der Waals surface area contributed by atoms with Crippen molar-refractivity contribution >= 4 is 61.5 Å². The molecule has 0 saturated heterocycles. The predicted octanol–water partition coefficient (Wildman–Crippen LogP) is 14.0. The van der Waals surface area contributed by atoms with Gasteiger partial charge in [-0.15, -0.1) is 18.2 Å². The number of hydrogen-bond donors (Lipinski definition) is 0. The molecule has 5 heterocycles. The molecular formula is C54H57GeIrN5O-2. The number of imidazole rings is 1. The van der Waals surface area contributed by atoms with Gasteiger partial charge in [0.05, 0.1) is 28.6 Å². The largest absolute Gasteiger partial charge is 0.486 e. The van der Waals surface area contributed by atoms with E-state index < -0.39 is 13.3 Å². The zero-order valence-corrected chi connectivity index (χ0v) is 42.4. The van der Waals surface area contributed by atoms with Crippen molar-refractivity contribution in [2.75, 3.05) is 0 Å². The smallest absolute Gasteiger partial charge is 0.216 e. The van der Waals surface area contributed by atoms with Crippen LogP contribution < -0.4 is 4.40 Å². The van der Waals surface area contributed by atoms with Crippen LogP contribution in [0.4, 0.5) is 0 Å². The minimum atomic E-state index is -1.86. The minimum Gasteiger partial charge on any atom is -0.486 e. The first-order chi connectivity index (χ1) is 29.2. The van der Waals surface area contributed by atoms with Crippen LogP contribution in [0, 0.1) is 18.1 Å². The van der Waals surface area contributed by atoms with E-state index in [1.165, 1.54) is 33.2 Å². The van der Waals surface area contributed by atoms with E-state index in [1.54, 1.807) is 4.40 Å². The fraction of sp³-hybridized carbons (Fsp3) is 0.296. The third-order valence-corrected chi connectivity index (χ3v) is 15.9. The van der Waals surface area contributed by atoms with Gasteiger partial charge in [-0.2, -0.15) is 0 Å². The number of fused-ring (bicyclic) bond motifs is 5. The quantitative estimate of drug-likeness (QED) is 0.106. The van der Waals surface area contributed by atoms with E-state index in [0.29, 0.717) is 23.5 Å². The summed E-state index contributed by atoms with van der Waals surface area (Å²) < 4.78 is 10.4. The summed E-state index contributed by atoms with van der Waals surface area (Å²) >= 11 is -1.86. The molecule has 0 saturated carbocycles.